The fourth-order valence-corrected chi connectivity index (χ4v) is 1.47. The lowest BCUT2D eigenvalue weighted by Crippen LogP contribution is -2.14. The van der Waals surface area contributed by atoms with Crippen LogP contribution in [-0.4, -0.2) is 5.91 Å². The van der Waals surface area contributed by atoms with E-state index in [0.29, 0.717) is 12.0 Å². The highest BCUT2D eigenvalue weighted by atomic mass is 35.5. The van der Waals surface area contributed by atoms with Crippen LogP contribution < -0.4 is 5.73 Å². The average Bonchev–Trinajstić information content (AvgIpc) is 2.09. The number of carbonyl (C=O) groups is 1. The lowest BCUT2D eigenvalue weighted by molar-refractivity contribution is 0.0999. The minimum atomic E-state index is -0.584. The largest absolute Gasteiger partial charge is 0.366 e. The first-order valence-corrected chi connectivity index (χ1v) is 4.22. The molecule has 70 valence electrons. The maximum Gasteiger partial charge on any atom is 0.249 e. The maximum atomic E-state index is 12.9. The van der Waals surface area contributed by atoms with E-state index in [1.54, 1.807) is 6.92 Å². The number of primary amides is 1. The zero-order chi connectivity index (χ0) is 10.0. The topological polar surface area (TPSA) is 43.1 Å². The highest BCUT2D eigenvalue weighted by Crippen LogP contribution is 2.23. The summed E-state index contributed by atoms with van der Waals surface area (Å²) >= 11 is 5.66. The third kappa shape index (κ3) is 1.80. The Morgan fingerprint density at radius 3 is 2.69 bits per heavy atom. The van der Waals surface area contributed by atoms with E-state index in [9.17, 15) is 9.18 Å². The Labute approximate surface area is 80.5 Å². The van der Waals surface area contributed by atoms with E-state index in [1.165, 1.54) is 6.07 Å². The molecule has 0 heterocycles. The van der Waals surface area contributed by atoms with E-state index in [0.717, 1.165) is 6.07 Å². The number of hydrogen-bond donors (Lipinski definition) is 1. The molecular formula is C9H9ClFNO. The van der Waals surface area contributed by atoms with Gasteiger partial charge >= 0.3 is 0 Å². The summed E-state index contributed by atoms with van der Waals surface area (Å²) in [5.74, 6) is -1.11. The molecule has 13 heavy (non-hydrogen) atoms. The number of hydrogen-bond acceptors (Lipinski definition) is 1. The summed E-state index contributed by atoms with van der Waals surface area (Å²) in [7, 11) is 0. The zero-order valence-electron chi connectivity index (χ0n) is 7.10. The molecule has 0 aliphatic carbocycles. The minimum Gasteiger partial charge on any atom is -0.366 e. The maximum absolute atomic E-state index is 12.9. The molecule has 1 rings (SSSR count). The van der Waals surface area contributed by atoms with Crippen molar-refractivity contribution in [2.75, 3.05) is 0 Å². The van der Waals surface area contributed by atoms with Gasteiger partial charge in [0.05, 0.1) is 5.02 Å². The van der Waals surface area contributed by atoms with Gasteiger partial charge in [-0.05, 0) is 24.1 Å². The second-order valence-electron chi connectivity index (χ2n) is 2.61. The molecule has 4 heteroatoms. The Bertz CT molecular complexity index is 352. The van der Waals surface area contributed by atoms with Crippen LogP contribution in [0.15, 0.2) is 12.1 Å². The summed E-state index contributed by atoms with van der Waals surface area (Å²) in [6.45, 7) is 1.78. The van der Waals surface area contributed by atoms with Gasteiger partial charge in [0.15, 0.2) is 0 Å². The van der Waals surface area contributed by atoms with Crippen molar-refractivity contribution in [3.8, 4) is 0 Å². The van der Waals surface area contributed by atoms with Gasteiger partial charge in [0, 0.05) is 5.56 Å². The van der Waals surface area contributed by atoms with Crippen molar-refractivity contribution in [2.24, 2.45) is 5.73 Å². The molecule has 0 atom stereocenters. The summed E-state index contributed by atoms with van der Waals surface area (Å²) in [5, 5.41) is -0.0150. The van der Waals surface area contributed by atoms with Gasteiger partial charge in [0.25, 0.3) is 0 Å². The molecule has 0 aromatic heterocycles. The van der Waals surface area contributed by atoms with Gasteiger partial charge in [0.1, 0.15) is 5.82 Å². The summed E-state index contributed by atoms with van der Waals surface area (Å²) in [5.41, 5.74) is 5.84. The molecule has 0 unspecified atom stereocenters. The van der Waals surface area contributed by atoms with Crippen LogP contribution in [0.1, 0.15) is 22.8 Å². The monoisotopic (exact) mass is 201 g/mol. The molecule has 0 aliphatic rings. The second kappa shape index (κ2) is 3.75. The number of benzene rings is 1. The SMILES string of the molecule is CCc1c(C(N)=O)ccc(F)c1Cl. The lowest BCUT2D eigenvalue weighted by atomic mass is 10.0. The van der Waals surface area contributed by atoms with Gasteiger partial charge < -0.3 is 5.73 Å². The lowest BCUT2D eigenvalue weighted by Gasteiger charge is -2.06. The first-order valence-electron chi connectivity index (χ1n) is 3.84. The van der Waals surface area contributed by atoms with Crippen LogP contribution in [0, 0.1) is 5.82 Å². The molecule has 0 aliphatic heterocycles. The van der Waals surface area contributed by atoms with E-state index in [4.69, 9.17) is 17.3 Å². The fourth-order valence-electron chi connectivity index (χ4n) is 1.17. The summed E-state index contributed by atoms with van der Waals surface area (Å²) in [6, 6.07) is 2.49. The third-order valence-corrected chi connectivity index (χ3v) is 2.22. The molecule has 0 saturated heterocycles. The predicted octanol–water partition coefficient (Wildman–Crippen LogP) is 2.14. The Kier molecular flexibility index (Phi) is 2.88. The van der Waals surface area contributed by atoms with E-state index in [-0.39, 0.29) is 10.6 Å². The molecule has 1 aromatic carbocycles. The van der Waals surface area contributed by atoms with Crippen molar-refractivity contribution in [3.63, 3.8) is 0 Å². The van der Waals surface area contributed by atoms with Crippen molar-refractivity contribution in [2.45, 2.75) is 13.3 Å². The van der Waals surface area contributed by atoms with Gasteiger partial charge in [-0.15, -0.1) is 0 Å². The number of nitrogens with two attached hydrogens (primary N) is 1. The Morgan fingerprint density at radius 1 is 1.62 bits per heavy atom. The van der Waals surface area contributed by atoms with Gasteiger partial charge in [0.2, 0.25) is 5.91 Å². The van der Waals surface area contributed by atoms with Crippen LogP contribution in [0.4, 0.5) is 4.39 Å². The normalized spacial score (nSPS) is 10.1. The van der Waals surface area contributed by atoms with Gasteiger partial charge in [-0.1, -0.05) is 18.5 Å². The highest BCUT2D eigenvalue weighted by molar-refractivity contribution is 6.32. The molecule has 1 amide bonds. The molecule has 0 spiro atoms. The van der Waals surface area contributed by atoms with Crippen LogP contribution in [0.5, 0.6) is 0 Å². The quantitative estimate of drug-likeness (QED) is 0.783. The molecular weight excluding hydrogens is 193 g/mol. The molecule has 0 radical (unpaired) electrons. The van der Waals surface area contributed by atoms with E-state index >= 15 is 0 Å². The number of carbonyl (C=O) groups excluding carboxylic acids is 1. The second-order valence-corrected chi connectivity index (χ2v) is 2.98. The van der Waals surface area contributed by atoms with Crippen molar-refractivity contribution >= 4 is 17.5 Å². The third-order valence-electron chi connectivity index (χ3n) is 1.82. The standard InChI is InChI=1S/C9H9ClFNO/c1-2-5-6(9(12)13)3-4-7(11)8(5)10/h3-4H,2H2,1H3,(H2,12,13). The summed E-state index contributed by atoms with van der Waals surface area (Å²) in [6.07, 6.45) is 0.481. The molecule has 2 N–H and O–H groups in total. The summed E-state index contributed by atoms with van der Waals surface area (Å²) < 4.78 is 12.9. The molecule has 0 bridgehead atoms. The van der Waals surface area contributed by atoms with Crippen molar-refractivity contribution < 1.29 is 9.18 Å². The predicted molar refractivity (Wildman–Crippen MR) is 49.3 cm³/mol. The van der Waals surface area contributed by atoms with E-state index in [2.05, 4.69) is 0 Å². The smallest absolute Gasteiger partial charge is 0.249 e. The molecule has 0 saturated carbocycles. The van der Waals surface area contributed by atoms with Gasteiger partial charge in [-0.2, -0.15) is 0 Å². The summed E-state index contributed by atoms with van der Waals surface area (Å²) in [4.78, 5) is 10.9. The molecule has 0 fully saturated rings. The number of rotatable bonds is 2. The van der Waals surface area contributed by atoms with Crippen LogP contribution in [0.25, 0.3) is 0 Å². The van der Waals surface area contributed by atoms with Gasteiger partial charge in [-0.3, -0.25) is 4.79 Å². The zero-order valence-corrected chi connectivity index (χ0v) is 7.86. The van der Waals surface area contributed by atoms with Crippen LogP contribution in [-0.2, 0) is 6.42 Å². The van der Waals surface area contributed by atoms with Gasteiger partial charge in [-0.25, -0.2) is 4.39 Å². The van der Waals surface area contributed by atoms with Crippen molar-refractivity contribution in [1.29, 1.82) is 0 Å². The molecule has 1 aromatic rings. The van der Waals surface area contributed by atoms with E-state index < -0.39 is 11.7 Å². The fraction of sp³-hybridized carbons (Fsp3) is 0.222. The Morgan fingerprint density at radius 2 is 2.23 bits per heavy atom. The van der Waals surface area contributed by atoms with E-state index in [1.807, 2.05) is 0 Å². The molecule has 2 nitrogen and oxygen atoms in total. The van der Waals surface area contributed by atoms with Crippen LogP contribution in [0.2, 0.25) is 5.02 Å². The Hall–Kier alpha value is -1.09. The number of amides is 1. The highest BCUT2D eigenvalue weighted by Gasteiger charge is 2.13. The van der Waals surface area contributed by atoms with Crippen LogP contribution in [0.3, 0.4) is 0 Å². The first kappa shape index (κ1) is 9.99. The number of halogens is 2. The van der Waals surface area contributed by atoms with Crippen molar-refractivity contribution in [1.82, 2.24) is 0 Å². The van der Waals surface area contributed by atoms with Crippen molar-refractivity contribution in [3.05, 3.63) is 34.1 Å². The Balaban J connectivity index is 3.38. The van der Waals surface area contributed by atoms with Crippen LogP contribution >= 0.6 is 11.6 Å². The average molecular weight is 202 g/mol. The minimum absolute atomic E-state index is 0.0150. The first-order chi connectivity index (χ1) is 6.07.